The maximum atomic E-state index is 12.4. The van der Waals surface area contributed by atoms with Crippen LogP contribution in [0.25, 0.3) is 11.6 Å². The lowest BCUT2D eigenvalue weighted by molar-refractivity contribution is -0.153. The van der Waals surface area contributed by atoms with E-state index >= 15 is 0 Å². The minimum absolute atomic E-state index is 0.251. The molecule has 1 heterocycles. The van der Waals surface area contributed by atoms with Crippen molar-refractivity contribution in [2.24, 2.45) is 0 Å². The Labute approximate surface area is 182 Å². The molecule has 0 aliphatic carbocycles. The van der Waals surface area contributed by atoms with E-state index in [2.05, 4.69) is 17.4 Å². The maximum Gasteiger partial charge on any atom is 0.328 e. The largest absolute Gasteiger partial charge is 0.454 e. The van der Waals surface area contributed by atoms with Crippen LogP contribution in [0.1, 0.15) is 24.5 Å². The Morgan fingerprint density at radius 2 is 1.74 bits per heavy atom. The molecule has 0 radical (unpaired) electrons. The second-order valence-electron chi connectivity index (χ2n) is 7.27. The van der Waals surface area contributed by atoms with Gasteiger partial charge in [0.05, 0.1) is 0 Å². The summed E-state index contributed by atoms with van der Waals surface area (Å²) >= 11 is 0. The fraction of sp³-hybridized carbons (Fsp3) is 0.240. The van der Waals surface area contributed by atoms with E-state index in [1.165, 1.54) is 18.6 Å². The molecule has 0 aromatic heterocycles. The number of esters is 1. The van der Waals surface area contributed by atoms with Crippen LogP contribution in [0.4, 0.5) is 0 Å². The standard InChI is InChI=1S/C25H26N2O4/c1-19(26-23(28)13-12-20-8-4-2-5-9-20)25(30)31-18-24(29)27-16-14-22(15-17-27)21-10-6-3-7-11-21/h2-14,19H,15-18H2,1H3,(H,26,28)/b13-12+/t19-/m0/s1. The molecule has 0 saturated heterocycles. The highest BCUT2D eigenvalue weighted by atomic mass is 16.5. The van der Waals surface area contributed by atoms with Gasteiger partial charge in [-0.1, -0.05) is 66.7 Å². The molecule has 1 atom stereocenters. The van der Waals surface area contributed by atoms with Crippen molar-refractivity contribution >= 4 is 29.4 Å². The van der Waals surface area contributed by atoms with Crippen LogP contribution in [-0.4, -0.2) is 48.4 Å². The first-order valence-electron chi connectivity index (χ1n) is 10.3. The summed E-state index contributed by atoms with van der Waals surface area (Å²) < 4.78 is 5.10. The molecule has 0 bridgehead atoms. The summed E-state index contributed by atoms with van der Waals surface area (Å²) in [5.74, 6) is -1.30. The van der Waals surface area contributed by atoms with Crippen molar-refractivity contribution < 1.29 is 19.1 Å². The molecular weight excluding hydrogens is 392 g/mol. The quantitative estimate of drug-likeness (QED) is 0.554. The number of hydrogen-bond acceptors (Lipinski definition) is 4. The molecule has 1 aliphatic heterocycles. The third-order valence-corrected chi connectivity index (χ3v) is 4.98. The van der Waals surface area contributed by atoms with Crippen molar-refractivity contribution in [1.29, 1.82) is 0 Å². The predicted octanol–water partition coefficient (Wildman–Crippen LogP) is 3.06. The van der Waals surface area contributed by atoms with E-state index in [0.29, 0.717) is 13.1 Å². The number of nitrogens with one attached hydrogen (secondary N) is 1. The summed E-state index contributed by atoms with van der Waals surface area (Å²) in [5.41, 5.74) is 3.25. The third-order valence-electron chi connectivity index (χ3n) is 4.98. The van der Waals surface area contributed by atoms with Crippen LogP contribution in [0, 0.1) is 0 Å². The molecule has 31 heavy (non-hydrogen) atoms. The first-order chi connectivity index (χ1) is 15.0. The Balaban J connectivity index is 1.41. The zero-order chi connectivity index (χ0) is 22.1. The van der Waals surface area contributed by atoms with Crippen LogP contribution in [0.3, 0.4) is 0 Å². The molecule has 1 aliphatic rings. The summed E-state index contributed by atoms with van der Waals surface area (Å²) in [6.07, 6.45) is 5.80. The van der Waals surface area contributed by atoms with Gasteiger partial charge in [-0.3, -0.25) is 9.59 Å². The molecule has 2 amide bonds. The second-order valence-corrected chi connectivity index (χ2v) is 7.27. The maximum absolute atomic E-state index is 12.4. The van der Waals surface area contributed by atoms with E-state index in [1.807, 2.05) is 54.6 Å². The van der Waals surface area contributed by atoms with Crippen molar-refractivity contribution in [1.82, 2.24) is 10.2 Å². The molecule has 6 nitrogen and oxygen atoms in total. The molecule has 0 saturated carbocycles. The molecule has 160 valence electrons. The minimum atomic E-state index is -0.855. The monoisotopic (exact) mass is 418 g/mol. The number of rotatable bonds is 7. The number of carbonyl (C=O) groups is 3. The highest BCUT2D eigenvalue weighted by molar-refractivity contribution is 5.94. The highest BCUT2D eigenvalue weighted by Gasteiger charge is 2.21. The topological polar surface area (TPSA) is 75.7 Å². The Morgan fingerprint density at radius 3 is 2.39 bits per heavy atom. The van der Waals surface area contributed by atoms with Gasteiger partial charge in [0.1, 0.15) is 6.04 Å². The molecular formula is C25H26N2O4. The number of ether oxygens (including phenoxy) is 1. The highest BCUT2D eigenvalue weighted by Crippen LogP contribution is 2.21. The fourth-order valence-corrected chi connectivity index (χ4v) is 3.22. The van der Waals surface area contributed by atoms with Gasteiger partial charge >= 0.3 is 5.97 Å². The van der Waals surface area contributed by atoms with Gasteiger partial charge in [-0.2, -0.15) is 0 Å². The first kappa shape index (κ1) is 22.0. The van der Waals surface area contributed by atoms with Crippen molar-refractivity contribution in [3.8, 4) is 0 Å². The Bertz CT molecular complexity index is 968. The van der Waals surface area contributed by atoms with Crippen molar-refractivity contribution in [2.75, 3.05) is 19.7 Å². The van der Waals surface area contributed by atoms with Crippen LogP contribution in [0.2, 0.25) is 0 Å². The normalized spacial score (nSPS) is 14.6. The average molecular weight is 418 g/mol. The second kappa shape index (κ2) is 10.9. The lowest BCUT2D eigenvalue weighted by Gasteiger charge is -2.26. The number of nitrogens with zero attached hydrogens (tertiary/aromatic N) is 1. The zero-order valence-corrected chi connectivity index (χ0v) is 17.5. The molecule has 1 N–H and O–H groups in total. The predicted molar refractivity (Wildman–Crippen MR) is 120 cm³/mol. The van der Waals surface area contributed by atoms with Crippen molar-refractivity contribution in [3.63, 3.8) is 0 Å². The summed E-state index contributed by atoms with van der Waals surface area (Å²) in [6.45, 7) is 2.25. The summed E-state index contributed by atoms with van der Waals surface area (Å²) in [6, 6.07) is 18.6. The Morgan fingerprint density at radius 1 is 1.06 bits per heavy atom. The number of hydrogen-bond donors (Lipinski definition) is 1. The number of amides is 2. The van der Waals surface area contributed by atoms with Gasteiger partial charge in [0.2, 0.25) is 5.91 Å². The third kappa shape index (κ3) is 6.67. The summed E-state index contributed by atoms with van der Waals surface area (Å²) in [4.78, 5) is 38.1. The van der Waals surface area contributed by atoms with Crippen LogP contribution in [-0.2, 0) is 19.1 Å². The average Bonchev–Trinajstić information content (AvgIpc) is 2.82. The van der Waals surface area contributed by atoms with Crippen molar-refractivity contribution in [2.45, 2.75) is 19.4 Å². The van der Waals surface area contributed by atoms with E-state index < -0.39 is 17.9 Å². The summed E-state index contributed by atoms with van der Waals surface area (Å²) in [7, 11) is 0. The van der Waals surface area contributed by atoms with Gasteiger partial charge in [0.25, 0.3) is 5.91 Å². The van der Waals surface area contributed by atoms with E-state index in [0.717, 1.165) is 17.5 Å². The van der Waals surface area contributed by atoms with Gasteiger partial charge in [0, 0.05) is 19.2 Å². The van der Waals surface area contributed by atoms with E-state index in [1.54, 1.807) is 11.0 Å². The number of carbonyl (C=O) groups excluding carboxylic acids is 3. The molecule has 0 spiro atoms. The molecule has 3 rings (SSSR count). The zero-order valence-electron chi connectivity index (χ0n) is 17.5. The van der Waals surface area contributed by atoms with E-state index in [9.17, 15) is 14.4 Å². The van der Waals surface area contributed by atoms with Crippen molar-refractivity contribution in [3.05, 3.63) is 83.9 Å². The lowest BCUT2D eigenvalue weighted by Crippen LogP contribution is -2.42. The van der Waals surface area contributed by atoms with Crippen LogP contribution in [0.5, 0.6) is 0 Å². The molecule has 6 heteroatoms. The minimum Gasteiger partial charge on any atom is -0.454 e. The van der Waals surface area contributed by atoms with Gasteiger partial charge in [-0.15, -0.1) is 0 Å². The Hall–Kier alpha value is -3.67. The molecule has 0 unspecified atom stereocenters. The van der Waals surface area contributed by atoms with E-state index in [4.69, 9.17) is 4.74 Å². The Kier molecular flexibility index (Phi) is 7.76. The van der Waals surface area contributed by atoms with Crippen LogP contribution in [0.15, 0.2) is 72.8 Å². The first-order valence-corrected chi connectivity index (χ1v) is 10.3. The van der Waals surface area contributed by atoms with Gasteiger partial charge in [-0.25, -0.2) is 4.79 Å². The fourth-order valence-electron chi connectivity index (χ4n) is 3.22. The number of benzene rings is 2. The van der Waals surface area contributed by atoms with Gasteiger partial charge < -0.3 is 15.0 Å². The molecule has 2 aromatic rings. The van der Waals surface area contributed by atoms with Crippen LogP contribution >= 0.6 is 0 Å². The molecule has 2 aromatic carbocycles. The summed E-state index contributed by atoms with van der Waals surface area (Å²) in [5, 5.41) is 2.54. The lowest BCUT2D eigenvalue weighted by atomic mass is 10.00. The van der Waals surface area contributed by atoms with Crippen LogP contribution < -0.4 is 5.32 Å². The SMILES string of the molecule is C[C@H](NC(=O)/C=C/c1ccccc1)C(=O)OCC(=O)N1CC=C(c2ccccc2)CC1. The van der Waals surface area contributed by atoms with Gasteiger partial charge in [0.15, 0.2) is 6.61 Å². The van der Waals surface area contributed by atoms with E-state index in [-0.39, 0.29) is 12.5 Å². The smallest absolute Gasteiger partial charge is 0.328 e. The molecule has 0 fully saturated rings. The van der Waals surface area contributed by atoms with Gasteiger partial charge in [-0.05, 0) is 36.1 Å².